The molecule has 0 spiro atoms. The van der Waals surface area contributed by atoms with Crippen LogP contribution in [0.15, 0.2) is 24.5 Å². The molecular weight excluding hydrogens is 364 g/mol. The van der Waals surface area contributed by atoms with Crippen LogP contribution in [-0.4, -0.2) is 49.0 Å². The fourth-order valence-corrected chi connectivity index (χ4v) is 4.28. The van der Waals surface area contributed by atoms with E-state index in [9.17, 15) is 4.79 Å². The molecule has 1 N–H and O–H groups in total. The number of thiazole rings is 1. The molecule has 8 nitrogen and oxygen atoms in total. The lowest BCUT2D eigenvalue weighted by molar-refractivity contribution is -0.114. The largest absolute Gasteiger partial charge is 0.460 e. The second-order valence-corrected chi connectivity index (χ2v) is 7.98. The van der Waals surface area contributed by atoms with Crippen LogP contribution >= 0.6 is 11.3 Å². The summed E-state index contributed by atoms with van der Waals surface area (Å²) in [6, 6.07) is 4.82. The summed E-state index contributed by atoms with van der Waals surface area (Å²) in [5.74, 6) is -0.101. The number of hydrogen-bond donors (Lipinski definition) is 1. The first-order chi connectivity index (χ1) is 13.0. The molecule has 0 unspecified atom stereocenters. The number of likely N-dealkylation sites (tertiary alicyclic amines) is 1. The maximum Gasteiger partial charge on any atom is 0.298 e. The average Bonchev–Trinajstić information content (AvgIpc) is 3.28. The number of aryl methyl sites for hydroxylation is 1. The van der Waals surface area contributed by atoms with Crippen LogP contribution in [0.4, 0.5) is 5.13 Å². The van der Waals surface area contributed by atoms with Gasteiger partial charge in [0, 0.05) is 56.8 Å². The summed E-state index contributed by atoms with van der Waals surface area (Å²) < 4.78 is 8.08. The van der Waals surface area contributed by atoms with Crippen molar-refractivity contribution in [3.05, 3.63) is 29.4 Å². The van der Waals surface area contributed by atoms with Gasteiger partial charge < -0.3 is 10.1 Å². The number of aromatic nitrogens is 4. The third-order valence-corrected chi connectivity index (χ3v) is 5.62. The SMILES string of the molecule is CC(=O)Nc1ncc(CN2C[C@H](Oc3nc4cccnc4n3C)C[C@@H]2C)s1. The van der Waals surface area contributed by atoms with Gasteiger partial charge in [0.05, 0.1) is 0 Å². The van der Waals surface area contributed by atoms with Gasteiger partial charge in [-0.3, -0.25) is 14.3 Å². The standard InChI is InChI=1S/C18H22N6O2S/c1-11-7-13(26-18-22-15-5-4-6-19-16(15)23(18)3)9-24(11)10-14-8-20-17(27-14)21-12(2)25/h4-6,8,11,13H,7,9-10H2,1-3H3,(H,20,21,25)/t11-,13+/m0/s1. The van der Waals surface area contributed by atoms with E-state index in [4.69, 9.17) is 4.74 Å². The number of rotatable bonds is 5. The maximum absolute atomic E-state index is 11.1. The van der Waals surface area contributed by atoms with Gasteiger partial charge in [0.25, 0.3) is 6.01 Å². The number of anilines is 1. The van der Waals surface area contributed by atoms with Crippen molar-refractivity contribution >= 4 is 33.5 Å². The van der Waals surface area contributed by atoms with Crippen molar-refractivity contribution < 1.29 is 9.53 Å². The van der Waals surface area contributed by atoms with Crippen LogP contribution < -0.4 is 10.1 Å². The number of carbonyl (C=O) groups is 1. The Hall–Kier alpha value is -2.52. The van der Waals surface area contributed by atoms with Crippen LogP contribution in [0.5, 0.6) is 6.01 Å². The van der Waals surface area contributed by atoms with Crippen LogP contribution in [0.2, 0.25) is 0 Å². The Balaban J connectivity index is 1.41. The Kier molecular flexibility index (Phi) is 4.79. The molecule has 27 heavy (non-hydrogen) atoms. The van der Waals surface area contributed by atoms with Gasteiger partial charge >= 0.3 is 0 Å². The van der Waals surface area contributed by atoms with Crippen molar-refractivity contribution in [1.82, 2.24) is 24.4 Å². The van der Waals surface area contributed by atoms with Crippen LogP contribution in [0.3, 0.4) is 0 Å². The zero-order chi connectivity index (χ0) is 19.0. The summed E-state index contributed by atoms with van der Waals surface area (Å²) in [6.45, 7) is 5.31. The molecule has 1 saturated heterocycles. The van der Waals surface area contributed by atoms with E-state index in [0.29, 0.717) is 17.2 Å². The Morgan fingerprint density at radius 3 is 3.07 bits per heavy atom. The van der Waals surface area contributed by atoms with Crippen molar-refractivity contribution in [2.45, 2.75) is 39.0 Å². The van der Waals surface area contributed by atoms with Gasteiger partial charge in [-0.2, -0.15) is 4.98 Å². The Bertz CT molecular complexity index is 968. The van der Waals surface area contributed by atoms with Crippen LogP contribution in [0.1, 0.15) is 25.1 Å². The Morgan fingerprint density at radius 2 is 2.30 bits per heavy atom. The van der Waals surface area contributed by atoms with E-state index in [2.05, 4.69) is 32.1 Å². The molecule has 3 aromatic rings. The van der Waals surface area contributed by atoms with E-state index < -0.39 is 0 Å². The van der Waals surface area contributed by atoms with Crippen LogP contribution in [0, 0.1) is 0 Å². The smallest absolute Gasteiger partial charge is 0.298 e. The van der Waals surface area contributed by atoms with Crippen molar-refractivity contribution in [3.63, 3.8) is 0 Å². The van der Waals surface area contributed by atoms with E-state index in [1.54, 1.807) is 6.20 Å². The van der Waals surface area contributed by atoms with Gasteiger partial charge in [0.15, 0.2) is 10.8 Å². The molecule has 1 aliphatic rings. The summed E-state index contributed by atoms with van der Waals surface area (Å²) in [4.78, 5) is 27.8. The Labute approximate surface area is 161 Å². The number of nitrogens with zero attached hydrogens (tertiary/aromatic N) is 5. The van der Waals surface area contributed by atoms with E-state index in [-0.39, 0.29) is 12.0 Å². The van der Waals surface area contributed by atoms with Crippen LogP contribution in [0.25, 0.3) is 11.2 Å². The molecule has 0 aliphatic carbocycles. The number of carbonyl (C=O) groups excluding carboxylic acids is 1. The fraction of sp³-hybridized carbons (Fsp3) is 0.444. The van der Waals surface area contributed by atoms with Crippen molar-refractivity contribution in [2.24, 2.45) is 7.05 Å². The number of pyridine rings is 1. The van der Waals surface area contributed by atoms with Gasteiger partial charge in [-0.1, -0.05) is 0 Å². The van der Waals surface area contributed by atoms with Crippen molar-refractivity contribution in [2.75, 3.05) is 11.9 Å². The lowest BCUT2D eigenvalue weighted by Crippen LogP contribution is -2.28. The van der Waals surface area contributed by atoms with Gasteiger partial charge in [0.1, 0.15) is 11.6 Å². The van der Waals surface area contributed by atoms with Gasteiger partial charge in [-0.25, -0.2) is 9.97 Å². The van der Waals surface area contributed by atoms with Crippen molar-refractivity contribution in [1.29, 1.82) is 0 Å². The molecular formula is C18H22N6O2S. The summed E-state index contributed by atoms with van der Waals surface area (Å²) in [7, 11) is 1.93. The molecule has 0 radical (unpaired) electrons. The van der Waals surface area contributed by atoms with E-state index >= 15 is 0 Å². The average molecular weight is 386 g/mol. The third kappa shape index (κ3) is 3.79. The third-order valence-electron chi connectivity index (χ3n) is 4.72. The molecule has 3 aromatic heterocycles. The molecule has 4 heterocycles. The highest BCUT2D eigenvalue weighted by molar-refractivity contribution is 7.15. The Morgan fingerprint density at radius 1 is 1.44 bits per heavy atom. The molecule has 142 valence electrons. The zero-order valence-electron chi connectivity index (χ0n) is 15.5. The van der Waals surface area contributed by atoms with Gasteiger partial charge in [0.2, 0.25) is 5.91 Å². The normalized spacial score (nSPS) is 20.3. The fourth-order valence-electron chi connectivity index (χ4n) is 3.40. The highest BCUT2D eigenvalue weighted by Gasteiger charge is 2.31. The molecule has 4 rings (SSSR count). The first kappa shape index (κ1) is 17.9. The molecule has 1 amide bonds. The topological polar surface area (TPSA) is 85.2 Å². The molecule has 0 saturated carbocycles. The summed E-state index contributed by atoms with van der Waals surface area (Å²) >= 11 is 1.51. The highest BCUT2D eigenvalue weighted by Crippen LogP contribution is 2.27. The first-order valence-electron chi connectivity index (χ1n) is 8.90. The first-order valence-corrected chi connectivity index (χ1v) is 9.71. The number of imidazole rings is 1. The van der Waals surface area contributed by atoms with E-state index in [1.807, 2.05) is 29.9 Å². The van der Waals surface area contributed by atoms with E-state index in [1.165, 1.54) is 18.3 Å². The van der Waals surface area contributed by atoms with Gasteiger partial charge in [-0.05, 0) is 19.1 Å². The molecule has 1 aliphatic heterocycles. The lowest BCUT2D eigenvalue weighted by atomic mass is 10.2. The second kappa shape index (κ2) is 7.24. The molecule has 0 aromatic carbocycles. The predicted molar refractivity (Wildman–Crippen MR) is 104 cm³/mol. The number of ether oxygens (including phenoxy) is 1. The minimum Gasteiger partial charge on any atom is -0.460 e. The zero-order valence-corrected chi connectivity index (χ0v) is 16.4. The summed E-state index contributed by atoms with van der Waals surface area (Å²) in [5.41, 5.74) is 1.67. The van der Waals surface area contributed by atoms with Gasteiger partial charge in [-0.15, -0.1) is 11.3 Å². The number of amides is 1. The number of fused-ring (bicyclic) bond motifs is 1. The minimum absolute atomic E-state index is 0.0817. The summed E-state index contributed by atoms with van der Waals surface area (Å²) in [5, 5.41) is 3.37. The molecule has 2 atom stereocenters. The van der Waals surface area contributed by atoms with E-state index in [0.717, 1.165) is 35.6 Å². The monoisotopic (exact) mass is 386 g/mol. The quantitative estimate of drug-likeness (QED) is 0.725. The highest BCUT2D eigenvalue weighted by atomic mass is 32.1. The van der Waals surface area contributed by atoms with Crippen LogP contribution in [-0.2, 0) is 18.4 Å². The summed E-state index contributed by atoms with van der Waals surface area (Å²) in [6.07, 6.45) is 4.61. The molecule has 9 heteroatoms. The predicted octanol–water partition coefficient (Wildman–Crippen LogP) is 2.43. The number of hydrogen-bond acceptors (Lipinski definition) is 7. The molecule has 0 bridgehead atoms. The van der Waals surface area contributed by atoms with Crippen molar-refractivity contribution in [3.8, 4) is 6.01 Å². The minimum atomic E-state index is -0.101. The molecule has 1 fully saturated rings. The number of nitrogens with one attached hydrogen (secondary N) is 1. The second-order valence-electron chi connectivity index (χ2n) is 6.87. The lowest BCUT2D eigenvalue weighted by Gasteiger charge is -2.19. The maximum atomic E-state index is 11.1.